The third kappa shape index (κ3) is 1.86. The van der Waals surface area contributed by atoms with E-state index in [1.807, 2.05) is 16.0 Å². The average Bonchev–Trinajstić information content (AvgIpc) is 2.99. The number of imidazole rings is 1. The molecule has 2 heterocycles. The Morgan fingerprint density at radius 3 is 3.00 bits per heavy atom. The smallest absolute Gasteiger partial charge is 0.335 e. The average molecular weight is 259 g/mol. The standard InChI is InChI=1S/C12H9N3O2S/c16-12(17)8-1-2-10-11(5-8)15(7-13-10)6-9-3-4-18-14-9/h1-5,7H,6H2,(H,16,17). The topological polar surface area (TPSA) is 68.0 Å². The van der Waals surface area contributed by atoms with Crippen LogP contribution in [-0.4, -0.2) is 25.0 Å². The van der Waals surface area contributed by atoms with Crippen LogP contribution in [0.1, 0.15) is 16.1 Å². The molecule has 0 amide bonds. The number of aromatic carboxylic acids is 1. The minimum Gasteiger partial charge on any atom is -0.478 e. The van der Waals surface area contributed by atoms with Crippen LogP contribution in [0.5, 0.6) is 0 Å². The van der Waals surface area contributed by atoms with Crippen molar-refractivity contribution in [2.75, 3.05) is 0 Å². The van der Waals surface area contributed by atoms with Crippen LogP contribution in [0, 0.1) is 0 Å². The fourth-order valence-electron chi connectivity index (χ4n) is 1.81. The maximum atomic E-state index is 11.0. The molecule has 0 radical (unpaired) electrons. The normalized spacial score (nSPS) is 10.9. The van der Waals surface area contributed by atoms with Gasteiger partial charge >= 0.3 is 5.97 Å². The van der Waals surface area contributed by atoms with Crippen LogP contribution < -0.4 is 0 Å². The molecule has 18 heavy (non-hydrogen) atoms. The molecule has 2 aromatic heterocycles. The van der Waals surface area contributed by atoms with Crippen molar-refractivity contribution >= 4 is 28.5 Å². The van der Waals surface area contributed by atoms with Gasteiger partial charge in [-0.2, -0.15) is 4.37 Å². The zero-order valence-corrected chi connectivity index (χ0v) is 10.1. The van der Waals surface area contributed by atoms with E-state index in [0.717, 1.165) is 16.7 Å². The van der Waals surface area contributed by atoms with Crippen molar-refractivity contribution in [1.29, 1.82) is 0 Å². The molecule has 0 saturated carbocycles. The molecule has 0 atom stereocenters. The summed E-state index contributed by atoms with van der Waals surface area (Å²) in [6, 6.07) is 6.86. The molecule has 0 aliphatic carbocycles. The van der Waals surface area contributed by atoms with Gasteiger partial charge < -0.3 is 9.67 Å². The second-order valence-corrected chi connectivity index (χ2v) is 4.54. The summed E-state index contributed by atoms with van der Waals surface area (Å²) in [5.41, 5.74) is 2.81. The monoisotopic (exact) mass is 259 g/mol. The van der Waals surface area contributed by atoms with Crippen molar-refractivity contribution in [1.82, 2.24) is 13.9 Å². The van der Waals surface area contributed by atoms with Crippen LogP contribution in [-0.2, 0) is 6.54 Å². The molecule has 5 nitrogen and oxygen atoms in total. The van der Waals surface area contributed by atoms with Gasteiger partial charge in [0.15, 0.2) is 0 Å². The Labute approximate surface area is 106 Å². The summed E-state index contributed by atoms with van der Waals surface area (Å²) in [5, 5.41) is 10.9. The zero-order chi connectivity index (χ0) is 12.5. The summed E-state index contributed by atoms with van der Waals surface area (Å²) in [6.07, 6.45) is 1.70. The fraction of sp³-hybridized carbons (Fsp3) is 0.0833. The van der Waals surface area contributed by atoms with Crippen LogP contribution in [0.4, 0.5) is 0 Å². The number of carboxylic acids is 1. The Bertz CT molecular complexity index is 703. The molecule has 3 rings (SSSR count). The maximum Gasteiger partial charge on any atom is 0.335 e. The van der Waals surface area contributed by atoms with Crippen LogP contribution in [0.3, 0.4) is 0 Å². The Hall–Kier alpha value is -2.21. The van der Waals surface area contributed by atoms with E-state index in [4.69, 9.17) is 5.11 Å². The van der Waals surface area contributed by atoms with E-state index in [1.54, 1.807) is 24.5 Å². The number of benzene rings is 1. The summed E-state index contributed by atoms with van der Waals surface area (Å²) in [7, 11) is 0. The number of carbonyl (C=O) groups is 1. The van der Waals surface area contributed by atoms with Crippen molar-refractivity contribution in [2.45, 2.75) is 6.54 Å². The van der Waals surface area contributed by atoms with E-state index in [-0.39, 0.29) is 5.56 Å². The lowest BCUT2D eigenvalue weighted by Crippen LogP contribution is -2.00. The Balaban J connectivity index is 2.06. The molecule has 0 unspecified atom stereocenters. The van der Waals surface area contributed by atoms with E-state index in [0.29, 0.717) is 6.54 Å². The van der Waals surface area contributed by atoms with Gasteiger partial charge in [-0.15, -0.1) is 0 Å². The fourth-order valence-corrected chi connectivity index (χ4v) is 2.34. The summed E-state index contributed by atoms with van der Waals surface area (Å²) < 4.78 is 6.13. The first-order chi connectivity index (χ1) is 8.74. The van der Waals surface area contributed by atoms with Gasteiger partial charge in [0.05, 0.1) is 35.2 Å². The lowest BCUT2D eigenvalue weighted by molar-refractivity contribution is 0.0697. The first kappa shape index (κ1) is 10.9. The Morgan fingerprint density at radius 2 is 2.28 bits per heavy atom. The molecule has 3 aromatic rings. The molecular formula is C12H9N3O2S. The summed E-state index contributed by atoms with van der Waals surface area (Å²) >= 11 is 1.40. The van der Waals surface area contributed by atoms with Gasteiger partial charge in [0.1, 0.15) is 0 Å². The van der Waals surface area contributed by atoms with E-state index >= 15 is 0 Å². The van der Waals surface area contributed by atoms with Gasteiger partial charge in [-0.3, -0.25) is 0 Å². The van der Waals surface area contributed by atoms with Gasteiger partial charge in [-0.1, -0.05) is 0 Å². The summed E-state index contributed by atoms with van der Waals surface area (Å²) in [4.78, 5) is 15.2. The number of carboxylic acid groups (broad SMARTS) is 1. The maximum absolute atomic E-state index is 11.0. The van der Waals surface area contributed by atoms with Crippen molar-refractivity contribution in [3.8, 4) is 0 Å². The quantitative estimate of drug-likeness (QED) is 0.783. The SMILES string of the molecule is O=C(O)c1ccc2ncn(Cc3ccsn3)c2c1. The first-order valence-corrected chi connectivity index (χ1v) is 6.15. The van der Waals surface area contributed by atoms with Crippen molar-refractivity contribution in [3.63, 3.8) is 0 Å². The minimum absolute atomic E-state index is 0.266. The first-order valence-electron chi connectivity index (χ1n) is 5.31. The van der Waals surface area contributed by atoms with Crippen molar-refractivity contribution < 1.29 is 9.90 Å². The van der Waals surface area contributed by atoms with Crippen LogP contribution in [0.25, 0.3) is 11.0 Å². The lowest BCUT2D eigenvalue weighted by atomic mass is 10.2. The van der Waals surface area contributed by atoms with Crippen molar-refractivity contribution in [2.24, 2.45) is 0 Å². The molecule has 0 bridgehead atoms. The molecular weight excluding hydrogens is 250 g/mol. The van der Waals surface area contributed by atoms with E-state index in [2.05, 4.69) is 9.36 Å². The number of fused-ring (bicyclic) bond motifs is 1. The molecule has 90 valence electrons. The van der Waals surface area contributed by atoms with Crippen LogP contribution >= 0.6 is 11.5 Å². The third-order valence-corrected chi connectivity index (χ3v) is 3.29. The molecule has 1 aromatic carbocycles. The summed E-state index contributed by atoms with van der Waals surface area (Å²) in [6.45, 7) is 0.600. The van der Waals surface area contributed by atoms with E-state index in [9.17, 15) is 4.79 Å². The largest absolute Gasteiger partial charge is 0.478 e. The highest BCUT2D eigenvalue weighted by molar-refractivity contribution is 7.03. The van der Waals surface area contributed by atoms with Crippen molar-refractivity contribution in [3.05, 3.63) is 47.2 Å². The molecule has 0 aliphatic rings. The van der Waals surface area contributed by atoms with Gasteiger partial charge in [0.2, 0.25) is 0 Å². The van der Waals surface area contributed by atoms with Gasteiger partial charge in [0.25, 0.3) is 0 Å². The minimum atomic E-state index is -0.932. The van der Waals surface area contributed by atoms with E-state index < -0.39 is 5.97 Å². The Morgan fingerprint density at radius 1 is 1.39 bits per heavy atom. The van der Waals surface area contributed by atoms with Gasteiger partial charge in [-0.05, 0) is 35.8 Å². The second kappa shape index (κ2) is 4.23. The highest BCUT2D eigenvalue weighted by Gasteiger charge is 2.08. The highest BCUT2D eigenvalue weighted by Crippen LogP contribution is 2.16. The lowest BCUT2D eigenvalue weighted by Gasteiger charge is -2.02. The van der Waals surface area contributed by atoms with Gasteiger partial charge in [-0.25, -0.2) is 9.78 Å². The number of nitrogens with zero attached hydrogens (tertiary/aromatic N) is 3. The van der Waals surface area contributed by atoms with Crippen LogP contribution in [0.2, 0.25) is 0 Å². The summed E-state index contributed by atoms with van der Waals surface area (Å²) in [5.74, 6) is -0.932. The number of rotatable bonds is 3. The highest BCUT2D eigenvalue weighted by atomic mass is 32.1. The molecule has 6 heteroatoms. The zero-order valence-electron chi connectivity index (χ0n) is 9.28. The Kier molecular flexibility index (Phi) is 2.56. The van der Waals surface area contributed by atoms with Gasteiger partial charge in [0, 0.05) is 5.38 Å². The molecule has 0 saturated heterocycles. The predicted molar refractivity (Wildman–Crippen MR) is 67.9 cm³/mol. The molecule has 0 spiro atoms. The van der Waals surface area contributed by atoms with Crippen LogP contribution in [0.15, 0.2) is 36.0 Å². The second-order valence-electron chi connectivity index (χ2n) is 3.87. The number of hydrogen-bond donors (Lipinski definition) is 1. The third-order valence-electron chi connectivity index (χ3n) is 2.69. The molecule has 0 aliphatic heterocycles. The molecule has 0 fully saturated rings. The van der Waals surface area contributed by atoms with E-state index in [1.165, 1.54) is 11.5 Å². The number of aromatic nitrogens is 3. The predicted octanol–water partition coefficient (Wildman–Crippen LogP) is 2.24. The molecule has 1 N–H and O–H groups in total. The number of hydrogen-bond acceptors (Lipinski definition) is 4.